The molecule has 2 fully saturated rings. The van der Waals surface area contributed by atoms with Crippen LogP contribution in [0, 0.1) is 5.92 Å². The summed E-state index contributed by atoms with van der Waals surface area (Å²) in [7, 11) is 1.77. The third-order valence-corrected chi connectivity index (χ3v) is 6.51. The number of piperidine rings is 1. The first-order valence-corrected chi connectivity index (χ1v) is 9.54. The fourth-order valence-corrected chi connectivity index (χ4v) is 4.77. The van der Waals surface area contributed by atoms with Crippen LogP contribution in [0.1, 0.15) is 24.8 Å². The highest BCUT2D eigenvalue weighted by atomic mass is 32.2. The molecule has 0 saturated carbocycles. The lowest BCUT2D eigenvalue weighted by atomic mass is 9.77. The van der Waals surface area contributed by atoms with E-state index in [1.54, 1.807) is 23.7 Å². The number of amides is 1. The molecule has 2 heterocycles. The topological polar surface area (TPSA) is 60.9 Å². The van der Waals surface area contributed by atoms with Crippen molar-refractivity contribution in [2.24, 2.45) is 5.92 Å². The second kappa shape index (κ2) is 6.76. The third kappa shape index (κ3) is 2.93. The first-order valence-electron chi connectivity index (χ1n) is 8.31. The van der Waals surface area contributed by atoms with Gasteiger partial charge in [0, 0.05) is 38.0 Å². The van der Waals surface area contributed by atoms with Crippen molar-refractivity contribution in [2.75, 3.05) is 26.4 Å². The molecule has 0 unspecified atom stereocenters. The van der Waals surface area contributed by atoms with E-state index in [0.717, 1.165) is 32.5 Å². The normalized spacial score (nSPS) is 23.8. The predicted molar refractivity (Wildman–Crippen MR) is 94.0 cm³/mol. The highest BCUT2D eigenvalue weighted by Gasteiger charge is 2.55. The van der Waals surface area contributed by atoms with Crippen LogP contribution in [0.2, 0.25) is 0 Å². The highest BCUT2D eigenvalue weighted by Crippen LogP contribution is 2.43. The lowest BCUT2D eigenvalue weighted by Gasteiger charge is -2.45. The number of carboxylic acid groups (broad SMARTS) is 1. The zero-order valence-electron chi connectivity index (χ0n) is 14.2. The molecule has 6 heteroatoms. The van der Waals surface area contributed by atoms with Gasteiger partial charge in [0.05, 0.1) is 11.5 Å². The Bertz CT molecular complexity index is 641. The molecular formula is C18H24N2O3S. The Morgan fingerprint density at radius 2 is 2.00 bits per heavy atom. The predicted octanol–water partition coefficient (Wildman–Crippen LogP) is 2.31. The number of carbonyl (C=O) groups excluding carboxylic acids is 1. The van der Waals surface area contributed by atoms with Crippen molar-refractivity contribution >= 4 is 23.6 Å². The van der Waals surface area contributed by atoms with Gasteiger partial charge in [-0.3, -0.25) is 14.5 Å². The molecule has 2 aliphatic heterocycles. The molecule has 0 aromatic heterocycles. The van der Waals surface area contributed by atoms with Gasteiger partial charge in [0.1, 0.15) is 0 Å². The number of carbonyl (C=O) groups is 2. The Labute approximate surface area is 147 Å². The van der Waals surface area contributed by atoms with Crippen molar-refractivity contribution in [3.63, 3.8) is 0 Å². The maximum Gasteiger partial charge on any atom is 0.309 e. The van der Waals surface area contributed by atoms with E-state index in [2.05, 4.69) is 35.4 Å². The van der Waals surface area contributed by atoms with Crippen molar-refractivity contribution in [3.05, 3.63) is 29.8 Å². The van der Waals surface area contributed by atoms with Crippen LogP contribution in [0.5, 0.6) is 0 Å². The van der Waals surface area contributed by atoms with Crippen molar-refractivity contribution in [1.29, 1.82) is 0 Å². The molecule has 0 bridgehead atoms. The van der Waals surface area contributed by atoms with Gasteiger partial charge >= 0.3 is 5.97 Å². The van der Waals surface area contributed by atoms with Gasteiger partial charge in [-0.1, -0.05) is 18.2 Å². The lowest BCUT2D eigenvalue weighted by molar-refractivity contribution is -0.146. The van der Waals surface area contributed by atoms with Gasteiger partial charge in [-0.15, -0.1) is 11.8 Å². The number of hydrogen-bond donors (Lipinski definition) is 1. The van der Waals surface area contributed by atoms with Crippen LogP contribution in [0.4, 0.5) is 0 Å². The Morgan fingerprint density at radius 1 is 1.33 bits per heavy atom. The monoisotopic (exact) mass is 348 g/mol. The zero-order chi connectivity index (χ0) is 17.3. The summed E-state index contributed by atoms with van der Waals surface area (Å²) >= 11 is 1.75. The molecule has 0 aliphatic carbocycles. The minimum Gasteiger partial charge on any atom is -0.481 e. The summed E-state index contributed by atoms with van der Waals surface area (Å²) in [6.07, 6.45) is 3.68. The molecule has 1 aromatic rings. The molecule has 0 radical (unpaired) electrons. The molecule has 2 aliphatic rings. The number of benzene rings is 1. The van der Waals surface area contributed by atoms with E-state index in [9.17, 15) is 14.7 Å². The summed E-state index contributed by atoms with van der Waals surface area (Å²) in [6, 6.07) is 8.40. The van der Waals surface area contributed by atoms with Crippen LogP contribution < -0.4 is 0 Å². The SMILES string of the molecule is CSc1ccccc1CN1CCC2(CC1)[C@@H](C(=O)O)CC(=O)N2C. The van der Waals surface area contributed by atoms with Crippen LogP contribution in [0.3, 0.4) is 0 Å². The molecule has 1 amide bonds. The standard InChI is InChI=1S/C18H24N2O3S/c1-19-16(21)11-14(17(22)23)18(19)7-9-20(10-8-18)12-13-5-3-4-6-15(13)24-2/h3-6,14H,7-12H2,1-2H3,(H,22,23)/t14-/m1/s1. The fraction of sp³-hybridized carbons (Fsp3) is 0.556. The second-order valence-electron chi connectivity index (χ2n) is 6.74. The zero-order valence-corrected chi connectivity index (χ0v) is 15.0. The average molecular weight is 348 g/mol. The molecule has 24 heavy (non-hydrogen) atoms. The Morgan fingerprint density at radius 3 is 2.62 bits per heavy atom. The van der Waals surface area contributed by atoms with Crippen LogP contribution in [0.15, 0.2) is 29.2 Å². The molecule has 1 N–H and O–H groups in total. The summed E-state index contributed by atoms with van der Waals surface area (Å²) in [5, 5.41) is 9.54. The van der Waals surface area contributed by atoms with E-state index in [-0.39, 0.29) is 12.3 Å². The Hall–Kier alpha value is -1.53. The molecule has 1 aromatic carbocycles. The summed E-state index contributed by atoms with van der Waals surface area (Å²) < 4.78 is 0. The molecule has 1 atom stereocenters. The first kappa shape index (κ1) is 17.3. The summed E-state index contributed by atoms with van der Waals surface area (Å²) in [5.74, 6) is -1.45. The van der Waals surface area contributed by atoms with Gasteiger partial charge in [-0.25, -0.2) is 0 Å². The number of likely N-dealkylation sites (tertiary alicyclic amines) is 2. The van der Waals surface area contributed by atoms with Crippen LogP contribution >= 0.6 is 11.8 Å². The van der Waals surface area contributed by atoms with Gasteiger partial charge in [0.15, 0.2) is 0 Å². The second-order valence-corrected chi connectivity index (χ2v) is 7.59. The summed E-state index contributed by atoms with van der Waals surface area (Å²) in [5.41, 5.74) is 0.810. The van der Waals surface area contributed by atoms with E-state index in [1.165, 1.54) is 10.5 Å². The maximum atomic E-state index is 12.1. The van der Waals surface area contributed by atoms with Gasteiger partial charge in [0.25, 0.3) is 0 Å². The Kier molecular flexibility index (Phi) is 4.88. The minimum absolute atomic E-state index is 0.0384. The minimum atomic E-state index is -0.839. The first-order chi connectivity index (χ1) is 11.5. The smallest absolute Gasteiger partial charge is 0.309 e. The van der Waals surface area contributed by atoms with E-state index in [4.69, 9.17) is 0 Å². The van der Waals surface area contributed by atoms with E-state index in [0.29, 0.717) is 0 Å². The maximum absolute atomic E-state index is 12.1. The van der Waals surface area contributed by atoms with Gasteiger partial charge in [-0.05, 0) is 30.7 Å². The molecule has 1 spiro atoms. The quantitative estimate of drug-likeness (QED) is 0.846. The van der Waals surface area contributed by atoms with E-state index in [1.807, 2.05) is 0 Å². The van der Waals surface area contributed by atoms with E-state index >= 15 is 0 Å². The average Bonchev–Trinajstić information content (AvgIpc) is 2.83. The summed E-state index contributed by atoms with van der Waals surface area (Å²) in [4.78, 5) is 29.1. The van der Waals surface area contributed by atoms with Crippen molar-refractivity contribution in [1.82, 2.24) is 9.80 Å². The van der Waals surface area contributed by atoms with E-state index < -0.39 is 17.4 Å². The van der Waals surface area contributed by atoms with Crippen LogP contribution in [-0.4, -0.2) is 58.7 Å². The summed E-state index contributed by atoms with van der Waals surface area (Å²) in [6.45, 7) is 2.52. The van der Waals surface area contributed by atoms with Crippen LogP contribution in [-0.2, 0) is 16.1 Å². The van der Waals surface area contributed by atoms with Crippen molar-refractivity contribution < 1.29 is 14.7 Å². The van der Waals surface area contributed by atoms with Gasteiger partial charge in [-0.2, -0.15) is 0 Å². The lowest BCUT2D eigenvalue weighted by Crippen LogP contribution is -2.55. The molecule has 130 valence electrons. The highest BCUT2D eigenvalue weighted by molar-refractivity contribution is 7.98. The number of aliphatic carboxylic acids is 1. The molecule has 3 rings (SSSR count). The largest absolute Gasteiger partial charge is 0.481 e. The number of thioether (sulfide) groups is 1. The molecular weight excluding hydrogens is 324 g/mol. The van der Waals surface area contributed by atoms with Gasteiger partial charge in [0.2, 0.25) is 5.91 Å². The molecule has 2 saturated heterocycles. The number of nitrogens with zero attached hydrogens (tertiary/aromatic N) is 2. The third-order valence-electron chi connectivity index (χ3n) is 5.68. The van der Waals surface area contributed by atoms with Crippen molar-refractivity contribution in [3.8, 4) is 0 Å². The van der Waals surface area contributed by atoms with Gasteiger partial charge < -0.3 is 10.0 Å². The Balaban J connectivity index is 1.71. The van der Waals surface area contributed by atoms with Crippen LogP contribution in [0.25, 0.3) is 0 Å². The number of carboxylic acids is 1. The number of hydrogen-bond acceptors (Lipinski definition) is 4. The molecule has 5 nitrogen and oxygen atoms in total. The number of rotatable bonds is 4. The fourth-order valence-electron chi connectivity index (χ4n) is 4.16. The van der Waals surface area contributed by atoms with Crippen molar-refractivity contribution in [2.45, 2.75) is 36.2 Å².